The molecule has 2 fully saturated rings. The third-order valence-corrected chi connectivity index (χ3v) is 1.87. The number of nitrogens with two attached hydrogens (primary N) is 1. The van der Waals surface area contributed by atoms with Crippen molar-refractivity contribution in [3.05, 3.63) is 0 Å². The van der Waals surface area contributed by atoms with Crippen molar-refractivity contribution in [2.45, 2.75) is 31.7 Å². The second kappa shape index (κ2) is 1.72. The van der Waals surface area contributed by atoms with E-state index >= 15 is 0 Å². The van der Waals surface area contributed by atoms with E-state index in [-0.39, 0.29) is 0 Å². The number of aliphatic imine (C=N–C) groups is 1. The summed E-state index contributed by atoms with van der Waals surface area (Å²) in [6.45, 7) is 0. The highest BCUT2D eigenvalue weighted by Crippen LogP contribution is 2.31. The van der Waals surface area contributed by atoms with E-state index in [0.717, 1.165) is 5.84 Å². The van der Waals surface area contributed by atoms with E-state index in [4.69, 9.17) is 5.73 Å². The maximum Gasteiger partial charge on any atom is 0.0971 e. The van der Waals surface area contributed by atoms with Gasteiger partial charge in [0, 0.05) is 5.92 Å². The highest BCUT2D eigenvalue weighted by atomic mass is 14.9. The van der Waals surface area contributed by atoms with Gasteiger partial charge in [-0.1, -0.05) is 0 Å². The fourth-order valence-corrected chi connectivity index (χ4v) is 0.899. The van der Waals surface area contributed by atoms with E-state index in [1.807, 2.05) is 0 Å². The van der Waals surface area contributed by atoms with Crippen LogP contribution in [0.5, 0.6) is 0 Å². The van der Waals surface area contributed by atoms with Gasteiger partial charge in [0.1, 0.15) is 0 Å². The molecule has 2 N–H and O–H groups in total. The average Bonchev–Trinajstić information content (AvgIpc) is 2.62. The third kappa shape index (κ3) is 1.23. The van der Waals surface area contributed by atoms with Crippen molar-refractivity contribution >= 4 is 5.84 Å². The number of amidine groups is 1. The first-order valence-corrected chi connectivity index (χ1v) is 3.69. The molecule has 50 valence electrons. The first-order chi connectivity index (χ1) is 4.36. The smallest absolute Gasteiger partial charge is 0.0971 e. The van der Waals surface area contributed by atoms with Crippen LogP contribution in [0.4, 0.5) is 0 Å². The first-order valence-electron chi connectivity index (χ1n) is 3.69. The van der Waals surface area contributed by atoms with Crippen LogP contribution in [0.1, 0.15) is 25.7 Å². The van der Waals surface area contributed by atoms with Crippen LogP contribution in [0, 0.1) is 5.92 Å². The fourth-order valence-electron chi connectivity index (χ4n) is 0.899. The van der Waals surface area contributed by atoms with Gasteiger partial charge in [-0.15, -0.1) is 0 Å². The van der Waals surface area contributed by atoms with Crippen LogP contribution in [0.25, 0.3) is 0 Å². The van der Waals surface area contributed by atoms with Crippen molar-refractivity contribution in [2.24, 2.45) is 16.6 Å². The summed E-state index contributed by atoms with van der Waals surface area (Å²) < 4.78 is 0. The summed E-state index contributed by atoms with van der Waals surface area (Å²) in [4.78, 5) is 4.34. The molecule has 0 saturated heterocycles. The minimum absolute atomic E-state index is 0.616. The first kappa shape index (κ1) is 5.27. The van der Waals surface area contributed by atoms with Crippen molar-refractivity contribution in [1.82, 2.24) is 0 Å². The summed E-state index contributed by atoms with van der Waals surface area (Å²) in [5.41, 5.74) is 5.67. The maximum atomic E-state index is 5.67. The van der Waals surface area contributed by atoms with Gasteiger partial charge in [-0.3, -0.25) is 4.99 Å². The molecule has 2 rings (SSSR count). The lowest BCUT2D eigenvalue weighted by Gasteiger charge is -1.92. The summed E-state index contributed by atoms with van der Waals surface area (Å²) in [5, 5.41) is 0. The normalized spacial score (nSPS) is 28.7. The van der Waals surface area contributed by atoms with Gasteiger partial charge in [0.15, 0.2) is 0 Å². The summed E-state index contributed by atoms with van der Waals surface area (Å²) >= 11 is 0. The molecule has 2 nitrogen and oxygen atoms in total. The molecular formula is C7H12N2. The zero-order valence-corrected chi connectivity index (χ0v) is 5.51. The van der Waals surface area contributed by atoms with Gasteiger partial charge in [0.25, 0.3) is 0 Å². The molecule has 9 heavy (non-hydrogen) atoms. The van der Waals surface area contributed by atoms with E-state index in [1.54, 1.807) is 0 Å². The molecule has 0 spiro atoms. The molecule has 0 bridgehead atoms. The van der Waals surface area contributed by atoms with Crippen molar-refractivity contribution in [3.8, 4) is 0 Å². The monoisotopic (exact) mass is 124 g/mol. The third-order valence-electron chi connectivity index (χ3n) is 1.87. The van der Waals surface area contributed by atoms with Crippen LogP contribution < -0.4 is 5.73 Å². The van der Waals surface area contributed by atoms with Gasteiger partial charge in [-0.25, -0.2) is 0 Å². The van der Waals surface area contributed by atoms with Crippen molar-refractivity contribution in [3.63, 3.8) is 0 Å². The van der Waals surface area contributed by atoms with E-state index < -0.39 is 0 Å². The second-order valence-electron chi connectivity index (χ2n) is 3.06. The summed E-state index contributed by atoms with van der Waals surface area (Å²) in [5.74, 6) is 1.60. The molecule has 0 aliphatic heterocycles. The highest BCUT2D eigenvalue weighted by Gasteiger charge is 2.28. The number of hydrogen-bond donors (Lipinski definition) is 1. The van der Waals surface area contributed by atoms with E-state index in [9.17, 15) is 0 Å². The largest absolute Gasteiger partial charge is 0.387 e. The Labute approximate surface area is 55.2 Å². The topological polar surface area (TPSA) is 38.4 Å². The lowest BCUT2D eigenvalue weighted by Crippen LogP contribution is -2.14. The van der Waals surface area contributed by atoms with Crippen LogP contribution in [0.15, 0.2) is 4.99 Å². The Morgan fingerprint density at radius 1 is 1.22 bits per heavy atom. The maximum absolute atomic E-state index is 5.67. The Morgan fingerprint density at radius 2 is 1.89 bits per heavy atom. The van der Waals surface area contributed by atoms with E-state index in [1.165, 1.54) is 25.7 Å². The molecule has 2 aliphatic carbocycles. The Hall–Kier alpha value is -0.530. The van der Waals surface area contributed by atoms with Crippen LogP contribution in [0.3, 0.4) is 0 Å². The van der Waals surface area contributed by atoms with Crippen molar-refractivity contribution in [1.29, 1.82) is 0 Å². The van der Waals surface area contributed by atoms with Gasteiger partial charge in [-0.2, -0.15) is 0 Å². The molecule has 0 aromatic rings. The molecule has 0 unspecified atom stereocenters. The fraction of sp³-hybridized carbons (Fsp3) is 0.857. The summed E-state index contributed by atoms with van der Waals surface area (Å²) in [6.07, 6.45) is 5.10. The minimum Gasteiger partial charge on any atom is -0.387 e. The van der Waals surface area contributed by atoms with Crippen LogP contribution in [-0.4, -0.2) is 11.9 Å². The van der Waals surface area contributed by atoms with Crippen molar-refractivity contribution in [2.75, 3.05) is 0 Å². The minimum atomic E-state index is 0.616. The molecule has 0 heterocycles. The Morgan fingerprint density at radius 3 is 2.33 bits per heavy atom. The molecule has 2 aliphatic rings. The van der Waals surface area contributed by atoms with Gasteiger partial charge in [0.05, 0.1) is 11.9 Å². The number of hydrogen-bond acceptors (Lipinski definition) is 1. The number of nitrogens with zero attached hydrogens (tertiary/aromatic N) is 1. The quantitative estimate of drug-likeness (QED) is 0.431. The predicted octanol–water partition coefficient (Wildman–Crippen LogP) is 0.916. The lowest BCUT2D eigenvalue weighted by atomic mass is 10.4. The molecular weight excluding hydrogens is 112 g/mol. The molecule has 0 amide bonds. The Bertz CT molecular complexity index is 143. The number of rotatable bonds is 2. The Balaban J connectivity index is 1.91. The summed E-state index contributed by atoms with van der Waals surface area (Å²) in [7, 11) is 0. The average molecular weight is 124 g/mol. The standard InChI is InChI=1S/C7H12N2/c8-7(5-1-2-5)9-6-3-4-6/h5-6H,1-4H2,(H2,8,9). The molecule has 0 aromatic carbocycles. The van der Waals surface area contributed by atoms with Crippen molar-refractivity contribution < 1.29 is 0 Å². The molecule has 0 radical (unpaired) electrons. The molecule has 2 saturated carbocycles. The SMILES string of the molecule is NC(=NC1CC1)C1CC1. The zero-order valence-electron chi connectivity index (χ0n) is 5.51. The molecule has 2 heteroatoms. The van der Waals surface area contributed by atoms with Crippen LogP contribution >= 0.6 is 0 Å². The van der Waals surface area contributed by atoms with E-state index in [0.29, 0.717) is 12.0 Å². The second-order valence-corrected chi connectivity index (χ2v) is 3.06. The Kier molecular flexibility index (Phi) is 1.01. The molecule has 0 atom stereocenters. The molecule has 0 aromatic heterocycles. The highest BCUT2D eigenvalue weighted by molar-refractivity contribution is 5.85. The lowest BCUT2D eigenvalue weighted by molar-refractivity contribution is 1.01. The predicted molar refractivity (Wildman–Crippen MR) is 37.4 cm³/mol. The van der Waals surface area contributed by atoms with Gasteiger partial charge >= 0.3 is 0 Å². The van der Waals surface area contributed by atoms with Gasteiger partial charge in [0.2, 0.25) is 0 Å². The van der Waals surface area contributed by atoms with E-state index in [2.05, 4.69) is 4.99 Å². The van der Waals surface area contributed by atoms with Crippen LogP contribution in [-0.2, 0) is 0 Å². The zero-order chi connectivity index (χ0) is 6.27. The van der Waals surface area contributed by atoms with Gasteiger partial charge in [-0.05, 0) is 25.7 Å². The van der Waals surface area contributed by atoms with Gasteiger partial charge < -0.3 is 5.73 Å². The van der Waals surface area contributed by atoms with Crippen LogP contribution in [0.2, 0.25) is 0 Å². The summed E-state index contributed by atoms with van der Waals surface area (Å²) in [6, 6.07) is 0.616.